The van der Waals surface area contributed by atoms with Crippen molar-refractivity contribution in [2.24, 2.45) is 0 Å². The Bertz CT molecular complexity index is 1500. The Hall–Kier alpha value is -3.61. The highest BCUT2D eigenvalue weighted by molar-refractivity contribution is 7.92. The molecule has 3 aromatic rings. The standard InChI is InChI=1S/C28H33N3O7S2/c1-22-5-7-23(8-6-22)31(40(35,36)27-13-9-24(37-2)10-14-27)21-28(32)29-17-20-38-25-11-15-26(16-12-25)39(33,34)30-18-3-4-19-30/h5-16H,3-4,17-21H2,1-2H3,(H,29,32). The van der Waals surface area contributed by atoms with Crippen LogP contribution in [0.2, 0.25) is 0 Å². The molecular weight excluding hydrogens is 554 g/mol. The van der Waals surface area contributed by atoms with Crippen LogP contribution in [0.5, 0.6) is 11.5 Å². The molecule has 1 aliphatic heterocycles. The number of sulfonamides is 2. The van der Waals surface area contributed by atoms with Gasteiger partial charge >= 0.3 is 0 Å². The summed E-state index contributed by atoms with van der Waals surface area (Å²) in [4.78, 5) is 13.0. The third kappa shape index (κ3) is 6.93. The summed E-state index contributed by atoms with van der Waals surface area (Å²) in [6.45, 7) is 2.75. The molecule has 4 rings (SSSR count). The molecular formula is C28H33N3O7S2. The number of methoxy groups -OCH3 is 1. The fourth-order valence-electron chi connectivity index (χ4n) is 4.23. The molecule has 1 amide bonds. The molecule has 1 N–H and O–H groups in total. The monoisotopic (exact) mass is 587 g/mol. The fourth-order valence-corrected chi connectivity index (χ4v) is 7.17. The Morgan fingerprint density at radius 2 is 1.43 bits per heavy atom. The van der Waals surface area contributed by atoms with Crippen LogP contribution in [0.25, 0.3) is 0 Å². The molecule has 0 spiro atoms. The largest absolute Gasteiger partial charge is 0.497 e. The number of hydrogen-bond acceptors (Lipinski definition) is 7. The second kappa shape index (κ2) is 12.7. The Morgan fingerprint density at radius 1 is 0.850 bits per heavy atom. The molecule has 40 heavy (non-hydrogen) atoms. The van der Waals surface area contributed by atoms with Gasteiger partial charge in [-0.15, -0.1) is 0 Å². The Balaban J connectivity index is 1.36. The van der Waals surface area contributed by atoms with Crippen LogP contribution in [0.3, 0.4) is 0 Å². The lowest BCUT2D eigenvalue weighted by Gasteiger charge is -2.24. The number of ether oxygens (including phenoxy) is 2. The number of hydrogen-bond donors (Lipinski definition) is 1. The van der Waals surface area contributed by atoms with E-state index in [2.05, 4.69) is 5.32 Å². The minimum absolute atomic E-state index is 0.0280. The van der Waals surface area contributed by atoms with Crippen molar-refractivity contribution in [1.29, 1.82) is 0 Å². The predicted octanol–water partition coefficient (Wildman–Crippen LogP) is 3.18. The van der Waals surface area contributed by atoms with E-state index < -0.39 is 32.5 Å². The third-order valence-electron chi connectivity index (χ3n) is 6.48. The van der Waals surface area contributed by atoms with Crippen molar-refractivity contribution in [3.63, 3.8) is 0 Å². The molecule has 0 unspecified atom stereocenters. The first-order valence-electron chi connectivity index (χ1n) is 12.8. The van der Waals surface area contributed by atoms with Gasteiger partial charge in [-0.2, -0.15) is 4.31 Å². The maximum Gasteiger partial charge on any atom is 0.264 e. The molecule has 3 aromatic carbocycles. The number of nitrogens with one attached hydrogen (secondary N) is 1. The van der Waals surface area contributed by atoms with Crippen LogP contribution in [-0.2, 0) is 24.8 Å². The number of carbonyl (C=O) groups excluding carboxylic acids is 1. The lowest BCUT2D eigenvalue weighted by molar-refractivity contribution is -0.119. The summed E-state index contributed by atoms with van der Waals surface area (Å²) >= 11 is 0. The number of rotatable bonds is 12. The van der Waals surface area contributed by atoms with E-state index in [9.17, 15) is 21.6 Å². The van der Waals surface area contributed by atoms with Gasteiger partial charge in [-0.05, 0) is 80.4 Å². The first-order chi connectivity index (χ1) is 19.1. The SMILES string of the molecule is COc1ccc(S(=O)(=O)N(CC(=O)NCCOc2ccc(S(=O)(=O)N3CCCC3)cc2)c2ccc(C)cc2)cc1. The Morgan fingerprint density at radius 3 is 2.02 bits per heavy atom. The first-order valence-corrected chi connectivity index (χ1v) is 15.7. The van der Waals surface area contributed by atoms with Crippen LogP contribution in [0, 0.1) is 6.92 Å². The van der Waals surface area contributed by atoms with Crippen LogP contribution < -0.4 is 19.1 Å². The smallest absolute Gasteiger partial charge is 0.264 e. The zero-order valence-electron chi connectivity index (χ0n) is 22.4. The van der Waals surface area contributed by atoms with Crippen LogP contribution in [0.1, 0.15) is 18.4 Å². The van der Waals surface area contributed by atoms with E-state index in [4.69, 9.17) is 9.47 Å². The zero-order chi connectivity index (χ0) is 28.8. The summed E-state index contributed by atoms with van der Waals surface area (Å²) in [5.74, 6) is 0.465. The molecule has 1 heterocycles. The number of anilines is 1. The van der Waals surface area contributed by atoms with Crippen molar-refractivity contribution < 1.29 is 31.1 Å². The molecule has 0 aromatic heterocycles. The molecule has 214 valence electrons. The summed E-state index contributed by atoms with van der Waals surface area (Å²) in [7, 11) is -6.06. The van der Waals surface area contributed by atoms with Gasteiger partial charge in [0.25, 0.3) is 10.0 Å². The number of amides is 1. The summed E-state index contributed by atoms with van der Waals surface area (Å²) in [5, 5.41) is 2.69. The van der Waals surface area contributed by atoms with E-state index in [0.717, 1.165) is 22.7 Å². The molecule has 1 fully saturated rings. The molecule has 0 saturated carbocycles. The van der Waals surface area contributed by atoms with Crippen LogP contribution >= 0.6 is 0 Å². The summed E-state index contributed by atoms with van der Waals surface area (Å²) in [5.41, 5.74) is 1.31. The molecule has 1 saturated heterocycles. The lowest BCUT2D eigenvalue weighted by atomic mass is 10.2. The number of carbonyl (C=O) groups is 1. The Labute approximate surface area is 235 Å². The summed E-state index contributed by atoms with van der Waals surface area (Å²) < 4.78 is 65.6. The van der Waals surface area contributed by atoms with Gasteiger partial charge in [0.05, 0.1) is 29.1 Å². The van der Waals surface area contributed by atoms with Crippen molar-refractivity contribution in [1.82, 2.24) is 9.62 Å². The van der Waals surface area contributed by atoms with Gasteiger partial charge in [-0.25, -0.2) is 16.8 Å². The molecule has 1 aliphatic rings. The average Bonchev–Trinajstić information content (AvgIpc) is 3.51. The van der Waals surface area contributed by atoms with E-state index in [1.807, 2.05) is 6.92 Å². The molecule has 0 bridgehead atoms. The van der Waals surface area contributed by atoms with Crippen molar-refractivity contribution >= 4 is 31.6 Å². The van der Waals surface area contributed by atoms with Crippen molar-refractivity contribution in [3.8, 4) is 11.5 Å². The quantitative estimate of drug-likeness (QED) is 0.323. The van der Waals surface area contributed by atoms with E-state index in [-0.39, 0.29) is 22.9 Å². The first kappa shape index (κ1) is 29.4. The molecule has 10 nitrogen and oxygen atoms in total. The lowest BCUT2D eigenvalue weighted by Crippen LogP contribution is -2.41. The van der Waals surface area contributed by atoms with Gasteiger partial charge in [0.15, 0.2) is 0 Å². The van der Waals surface area contributed by atoms with Gasteiger partial charge in [0.1, 0.15) is 24.7 Å². The van der Waals surface area contributed by atoms with Crippen molar-refractivity contribution in [2.75, 3.05) is 44.2 Å². The molecule has 12 heteroatoms. The average molecular weight is 588 g/mol. The van der Waals surface area contributed by atoms with Gasteiger partial charge in [0.2, 0.25) is 15.9 Å². The second-order valence-corrected chi connectivity index (χ2v) is 13.1. The molecule has 0 aliphatic carbocycles. The van der Waals surface area contributed by atoms with E-state index in [1.165, 1.54) is 35.7 Å². The highest BCUT2D eigenvalue weighted by Gasteiger charge is 2.28. The third-order valence-corrected chi connectivity index (χ3v) is 10.2. The van der Waals surface area contributed by atoms with Crippen molar-refractivity contribution in [3.05, 3.63) is 78.4 Å². The second-order valence-electron chi connectivity index (χ2n) is 9.30. The topological polar surface area (TPSA) is 122 Å². The minimum Gasteiger partial charge on any atom is -0.497 e. The highest BCUT2D eigenvalue weighted by atomic mass is 32.2. The van der Waals surface area contributed by atoms with E-state index in [1.54, 1.807) is 48.5 Å². The Kier molecular flexibility index (Phi) is 9.33. The molecule has 0 atom stereocenters. The summed E-state index contributed by atoms with van der Waals surface area (Å²) in [6.07, 6.45) is 1.73. The number of aryl methyl sites for hydroxylation is 1. The summed E-state index contributed by atoms with van der Waals surface area (Å²) in [6, 6.07) is 19.0. The minimum atomic E-state index is -4.05. The van der Waals surface area contributed by atoms with Gasteiger partial charge in [-0.1, -0.05) is 17.7 Å². The number of benzene rings is 3. The normalized spacial score (nSPS) is 14.1. The maximum absolute atomic E-state index is 13.5. The van der Waals surface area contributed by atoms with Crippen LogP contribution in [0.15, 0.2) is 82.6 Å². The highest BCUT2D eigenvalue weighted by Crippen LogP contribution is 2.26. The maximum atomic E-state index is 13.5. The number of nitrogens with zero attached hydrogens (tertiary/aromatic N) is 2. The van der Waals surface area contributed by atoms with E-state index in [0.29, 0.717) is 30.3 Å². The van der Waals surface area contributed by atoms with Crippen LogP contribution in [-0.4, -0.2) is 66.9 Å². The van der Waals surface area contributed by atoms with E-state index >= 15 is 0 Å². The van der Waals surface area contributed by atoms with Crippen molar-refractivity contribution in [2.45, 2.75) is 29.6 Å². The molecule has 0 radical (unpaired) electrons. The van der Waals surface area contributed by atoms with Gasteiger partial charge < -0.3 is 14.8 Å². The fraction of sp³-hybridized carbons (Fsp3) is 0.321. The predicted molar refractivity (Wildman–Crippen MR) is 152 cm³/mol. The van der Waals surface area contributed by atoms with Gasteiger partial charge in [-0.3, -0.25) is 9.10 Å². The van der Waals surface area contributed by atoms with Gasteiger partial charge in [0, 0.05) is 13.1 Å². The zero-order valence-corrected chi connectivity index (χ0v) is 24.1. The van der Waals surface area contributed by atoms with Crippen LogP contribution in [0.4, 0.5) is 5.69 Å².